The zero-order chi connectivity index (χ0) is 10.8. The van der Waals surface area contributed by atoms with Gasteiger partial charge in [-0.05, 0) is 18.8 Å². The van der Waals surface area contributed by atoms with Gasteiger partial charge in [0.05, 0.1) is 4.91 Å². The molecule has 0 radical (unpaired) electrons. The average molecular weight is 227 g/mol. The van der Waals surface area contributed by atoms with Gasteiger partial charge in [0, 0.05) is 32.4 Å². The van der Waals surface area contributed by atoms with Crippen molar-refractivity contribution in [2.45, 2.75) is 0 Å². The molecule has 0 aromatic rings. The van der Waals surface area contributed by atoms with Crippen LogP contribution in [0.2, 0.25) is 0 Å². The van der Waals surface area contributed by atoms with Gasteiger partial charge in [0.1, 0.15) is 0 Å². The van der Waals surface area contributed by atoms with Gasteiger partial charge in [-0.3, -0.25) is 14.9 Å². The van der Waals surface area contributed by atoms with E-state index in [4.69, 9.17) is 0 Å². The van der Waals surface area contributed by atoms with Crippen LogP contribution in [0, 0.1) is 0 Å². The van der Waals surface area contributed by atoms with Crippen LogP contribution < -0.4 is 5.32 Å². The largest absolute Gasteiger partial charge is 0.374 e. The van der Waals surface area contributed by atoms with E-state index in [1.807, 2.05) is 0 Å². The van der Waals surface area contributed by atoms with Gasteiger partial charge in [-0.2, -0.15) is 0 Å². The standard InChI is InChI=1S/C9H13N3O2S/c1-11-2-4-12(5-3-11)6-7-8(13)10-9(14)15-7/h6H,2-5H2,1H3,(H,10,13,14)/b7-6-. The van der Waals surface area contributed by atoms with Crippen molar-refractivity contribution in [1.29, 1.82) is 0 Å². The number of carbonyl (C=O) groups excluding carboxylic acids is 2. The lowest BCUT2D eigenvalue weighted by molar-refractivity contribution is -0.115. The number of rotatable bonds is 1. The molecule has 0 bridgehead atoms. The van der Waals surface area contributed by atoms with E-state index in [1.54, 1.807) is 6.20 Å². The van der Waals surface area contributed by atoms with Crippen molar-refractivity contribution < 1.29 is 9.59 Å². The molecule has 0 aromatic heterocycles. The number of nitrogens with zero attached hydrogens (tertiary/aromatic N) is 2. The van der Waals surface area contributed by atoms with Gasteiger partial charge < -0.3 is 9.80 Å². The molecule has 0 spiro atoms. The second-order valence-electron chi connectivity index (χ2n) is 3.68. The molecule has 2 heterocycles. The van der Waals surface area contributed by atoms with Crippen molar-refractivity contribution in [2.75, 3.05) is 33.2 Å². The number of piperazine rings is 1. The van der Waals surface area contributed by atoms with E-state index in [2.05, 4.69) is 22.2 Å². The van der Waals surface area contributed by atoms with Crippen LogP contribution in [-0.4, -0.2) is 54.2 Å². The van der Waals surface area contributed by atoms with E-state index in [0.29, 0.717) is 4.91 Å². The highest BCUT2D eigenvalue weighted by molar-refractivity contribution is 8.18. The maximum absolute atomic E-state index is 11.3. The lowest BCUT2D eigenvalue weighted by atomic mass is 10.3. The van der Waals surface area contributed by atoms with Crippen molar-refractivity contribution in [3.63, 3.8) is 0 Å². The molecule has 2 fully saturated rings. The third-order valence-corrected chi connectivity index (χ3v) is 3.28. The SMILES string of the molecule is CN1CCN(/C=C2\SC(=O)NC2=O)CC1. The fourth-order valence-corrected chi connectivity index (χ4v) is 2.22. The summed E-state index contributed by atoms with van der Waals surface area (Å²) < 4.78 is 0. The molecule has 2 saturated heterocycles. The third-order valence-electron chi connectivity index (χ3n) is 2.48. The predicted octanol–water partition coefficient (Wildman–Crippen LogP) is 0.0582. The summed E-state index contributed by atoms with van der Waals surface area (Å²) in [6.07, 6.45) is 1.79. The highest BCUT2D eigenvalue weighted by atomic mass is 32.2. The Kier molecular flexibility index (Phi) is 2.97. The molecule has 0 unspecified atom stereocenters. The van der Waals surface area contributed by atoms with Crippen molar-refractivity contribution in [1.82, 2.24) is 15.1 Å². The maximum atomic E-state index is 11.3. The van der Waals surface area contributed by atoms with Gasteiger partial charge in [0.15, 0.2) is 0 Å². The van der Waals surface area contributed by atoms with Crippen LogP contribution in [0.3, 0.4) is 0 Å². The second kappa shape index (κ2) is 4.24. The Bertz CT molecular complexity index is 321. The zero-order valence-corrected chi connectivity index (χ0v) is 9.34. The molecule has 0 saturated carbocycles. The summed E-state index contributed by atoms with van der Waals surface area (Å²) >= 11 is 0.974. The van der Waals surface area contributed by atoms with Crippen molar-refractivity contribution >= 4 is 22.9 Å². The molecule has 2 rings (SSSR count). The topological polar surface area (TPSA) is 52.6 Å². The number of likely N-dealkylation sites (N-methyl/N-ethyl adjacent to an activating group) is 1. The fraction of sp³-hybridized carbons (Fsp3) is 0.556. The van der Waals surface area contributed by atoms with Crippen molar-refractivity contribution in [3.05, 3.63) is 11.1 Å². The molecule has 5 nitrogen and oxygen atoms in total. The first-order valence-electron chi connectivity index (χ1n) is 4.83. The molecule has 1 N–H and O–H groups in total. The molecule has 2 aliphatic rings. The summed E-state index contributed by atoms with van der Waals surface area (Å²) in [6.45, 7) is 3.79. The van der Waals surface area contributed by atoms with Gasteiger partial charge in [0.2, 0.25) is 0 Å². The summed E-state index contributed by atoms with van der Waals surface area (Å²) in [5.41, 5.74) is 0. The maximum Gasteiger partial charge on any atom is 0.290 e. The normalized spacial score (nSPS) is 26.2. The Morgan fingerprint density at radius 3 is 2.47 bits per heavy atom. The van der Waals surface area contributed by atoms with Gasteiger partial charge in [-0.15, -0.1) is 0 Å². The second-order valence-corrected chi connectivity index (χ2v) is 4.69. The molecule has 0 atom stereocenters. The number of amides is 2. The van der Waals surface area contributed by atoms with Crippen LogP contribution in [0.5, 0.6) is 0 Å². The van der Waals surface area contributed by atoms with Gasteiger partial charge in [-0.1, -0.05) is 0 Å². The molecule has 0 aliphatic carbocycles. The summed E-state index contributed by atoms with van der Waals surface area (Å²) in [7, 11) is 2.07. The molecule has 0 aromatic carbocycles. The van der Waals surface area contributed by atoms with Crippen LogP contribution >= 0.6 is 11.8 Å². The van der Waals surface area contributed by atoms with Crippen LogP contribution in [0.15, 0.2) is 11.1 Å². The van der Waals surface area contributed by atoms with Crippen LogP contribution in [0.1, 0.15) is 0 Å². The number of nitrogens with one attached hydrogen (secondary N) is 1. The minimum absolute atomic E-state index is 0.274. The minimum Gasteiger partial charge on any atom is -0.374 e. The van der Waals surface area contributed by atoms with Crippen molar-refractivity contribution in [3.8, 4) is 0 Å². The zero-order valence-electron chi connectivity index (χ0n) is 8.52. The quantitative estimate of drug-likeness (QED) is 0.642. The Morgan fingerprint density at radius 2 is 1.93 bits per heavy atom. The summed E-state index contributed by atoms with van der Waals surface area (Å²) in [6, 6.07) is 0. The lowest BCUT2D eigenvalue weighted by Gasteiger charge is -2.31. The molecule has 2 aliphatic heterocycles. The monoisotopic (exact) mass is 227 g/mol. The summed E-state index contributed by atoms with van der Waals surface area (Å²) in [5, 5.41) is 1.97. The first-order chi connectivity index (χ1) is 7.15. The highest BCUT2D eigenvalue weighted by Gasteiger charge is 2.26. The number of thioether (sulfide) groups is 1. The summed E-state index contributed by atoms with van der Waals surface area (Å²) in [4.78, 5) is 27.0. The van der Waals surface area contributed by atoms with E-state index in [9.17, 15) is 9.59 Å². The van der Waals surface area contributed by atoms with E-state index < -0.39 is 0 Å². The van der Waals surface area contributed by atoms with Crippen LogP contribution in [0.25, 0.3) is 0 Å². The van der Waals surface area contributed by atoms with Gasteiger partial charge >= 0.3 is 0 Å². The predicted molar refractivity (Wildman–Crippen MR) is 58.3 cm³/mol. The smallest absolute Gasteiger partial charge is 0.290 e. The molecular formula is C9H13N3O2S. The first kappa shape index (κ1) is 10.5. The highest BCUT2D eigenvalue weighted by Crippen LogP contribution is 2.23. The van der Waals surface area contributed by atoms with E-state index in [-0.39, 0.29) is 11.1 Å². The number of imide groups is 1. The van der Waals surface area contributed by atoms with Gasteiger partial charge in [0.25, 0.3) is 11.1 Å². The molecule has 2 amide bonds. The molecule has 15 heavy (non-hydrogen) atoms. The van der Waals surface area contributed by atoms with E-state index >= 15 is 0 Å². The van der Waals surface area contributed by atoms with Crippen molar-refractivity contribution in [2.24, 2.45) is 0 Å². The molecule has 6 heteroatoms. The van der Waals surface area contributed by atoms with E-state index in [0.717, 1.165) is 37.9 Å². The Morgan fingerprint density at radius 1 is 1.27 bits per heavy atom. The summed E-state index contributed by atoms with van der Waals surface area (Å²) in [5.74, 6) is -0.274. The molecule has 82 valence electrons. The fourth-order valence-electron chi connectivity index (χ4n) is 1.53. The van der Waals surface area contributed by atoms with Crippen LogP contribution in [0.4, 0.5) is 4.79 Å². The van der Waals surface area contributed by atoms with Gasteiger partial charge in [-0.25, -0.2) is 0 Å². The number of hydrogen-bond acceptors (Lipinski definition) is 5. The number of hydrogen-bond donors (Lipinski definition) is 1. The lowest BCUT2D eigenvalue weighted by Crippen LogP contribution is -2.42. The molecular weight excluding hydrogens is 214 g/mol. The average Bonchev–Trinajstić information content (AvgIpc) is 2.49. The Labute approximate surface area is 92.5 Å². The first-order valence-corrected chi connectivity index (χ1v) is 5.64. The minimum atomic E-state index is -0.277. The number of carbonyl (C=O) groups is 2. The van der Waals surface area contributed by atoms with Crippen LogP contribution in [-0.2, 0) is 4.79 Å². The Balaban J connectivity index is 1.98. The Hall–Kier alpha value is -1.01. The van der Waals surface area contributed by atoms with E-state index in [1.165, 1.54) is 0 Å². The third kappa shape index (κ3) is 2.51.